The lowest BCUT2D eigenvalue weighted by molar-refractivity contribution is -0.125. The summed E-state index contributed by atoms with van der Waals surface area (Å²) >= 11 is 1.28. The highest BCUT2D eigenvalue weighted by molar-refractivity contribution is 7.13. The number of esters is 1. The average molecular weight is 407 g/mol. The second-order valence-electron chi connectivity index (χ2n) is 6.26. The number of hydrogen-bond acceptors (Lipinski definition) is 6. The van der Waals surface area contributed by atoms with Gasteiger partial charge in [0.2, 0.25) is 6.10 Å². The summed E-state index contributed by atoms with van der Waals surface area (Å²) in [5.74, 6) is -1.10. The number of benzene rings is 2. The maximum absolute atomic E-state index is 12.9. The van der Waals surface area contributed by atoms with E-state index in [-0.39, 0.29) is 5.69 Å². The molecule has 1 heterocycles. The number of thiazole rings is 1. The molecule has 0 radical (unpaired) electrons. The Hall–Kier alpha value is -3.45. The highest BCUT2D eigenvalue weighted by Gasteiger charge is 2.27. The van der Waals surface area contributed by atoms with Crippen LogP contribution in [0.25, 0.3) is 0 Å². The smallest absolute Gasteiger partial charge is 0.359 e. The maximum Gasteiger partial charge on any atom is 0.359 e. The zero-order valence-electron chi connectivity index (χ0n) is 15.9. The Bertz CT molecular complexity index is 984. The van der Waals surface area contributed by atoms with E-state index >= 15 is 0 Å². The van der Waals surface area contributed by atoms with E-state index in [2.05, 4.69) is 22.2 Å². The van der Waals surface area contributed by atoms with Crippen molar-refractivity contribution >= 4 is 34.0 Å². The third kappa shape index (κ3) is 5.52. The molecule has 2 aromatic carbocycles. The predicted octanol–water partition coefficient (Wildman–Crippen LogP) is 4.59. The molecule has 0 aliphatic rings. The quantitative estimate of drug-likeness (QED) is 0.422. The second kappa shape index (κ2) is 9.66. The van der Waals surface area contributed by atoms with Gasteiger partial charge in [0.1, 0.15) is 0 Å². The lowest BCUT2D eigenvalue weighted by atomic mass is 10.1. The summed E-state index contributed by atoms with van der Waals surface area (Å²) in [6.07, 6.45) is 0.594. The SMILES string of the molecule is C=CCNc1nc(C(=O)OC(C(=O)Nc2ccc(C)cc2)c2ccccc2)cs1. The third-order valence-electron chi connectivity index (χ3n) is 4.00. The van der Waals surface area contributed by atoms with Gasteiger partial charge >= 0.3 is 5.97 Å². The minimum atomic E-state index is -1.10. The van der Waals surface area contributed by atoms with E-state index < -0.39 is 18.0 Å². The number of aromatic nitrogens is 1. The third-order valence-corrected chi connectivity index (χ3v) is 4.80. The highest BCUT2D eigenvalue weighted by atomic mass is 32.1. The number of amides is 1. The predicted molar refractivity (Wildman–Crippen MR) is 115 cm³/mol. The molecule has 2 N–H and O–H groups in total. The van der Waals surface area contributed by atoms with Gasteiger partial charge in [0, 0.05) is 23.2 Å². The molecule has 0 bridgehead atoms. The van der Waals surface area contributed by atoms with Crippen molar-refractivity contribution in [2.45, 2.75) is 13.0 Å². The fourth-order valence-electron chi connectivity index (χ4n) is 2.52. The van der Waals surface area contributed by atoms with Crippen molar-refractivity contribution in [2.24, 2.45) is 0 Å². The summed E-state index contributed by atoms with van der Waals surface area (Å²) in [6, 6.07) is 16.3. The topological polar surface area (TPSA) is 80.3 Å². The first kappa shape index (κ1) is 20.3. The Kier molecular flexibility index (Phi) is 6.76. The minimum absolute atomic E-state index is 0.144. The molecule has 1 aromatic heterocycles. The Morgan fingerprint density at radius 2 is 1.90 bits per heavy atom. The fourth-order valence-corrected chi connectivity index (χ4v) is 3.21. The molecule has 1 unspecified atom stereocenters. The minimum Gasteiger partial charge on any atom is -0.443 e. The van der Waals surface area contributed by atoms with Gasteiger partial charge in [-0.3, -0.25) is 4.79 Å². The largest absolute Gasteiger partial charge is 0.443 e. The molecular weight excluding hydrogens is 386 g/mol. The molecule has 0 saturated heterocycles. The molecule has 1 atom stereocenters. The van der Waals surface area contributed by atoms with E-state index in [1.165, 1.54) is 11.3 Å². The number of hydrogen-bond donors (Lipinski definition) is 2. The van der Waals surface area contributed by atoms with Gasteiger partial charge in [-0.1, -0.05) is 54.1 Å². The van der Waals surface area contributed by atoms with E-state index in [4.69, 9.17) is 4.74 Å². The second-order valence-corrected chi connectivity index (χ2v) is 7.12. The van der Waals surface area contributed by atoms with Crippen molar-refractivity contribution in [2.75, 3.05) is 17.2 Å². The first-order valence-corrected chi connectivity index (χ1v) is 9.88. The molecule has 3 rings (SSSR count). The standard InChI is InChI=1S/C22H21N3O3S/c1-3-13-23-22-25-18(14-29-22)21(27)28-19(16-7-5-4-6-8-16)20(26)24-17-11-9-15(2)10-12-17/h3-12,14,19H,1,13H2,2H3,(H,23,25)(H,24,26). The van der Waals surface area contributed by atoms with Crippen LogP contribution in [0.3, 0.4) is 0 Å². The molecule has 0 fully saturated rings. The summed E-state index contributed by atoms with van der Waals surface area (Å²) in [7, 11) is 0. The zero-order chi connectivity index (χ0) is 20.6. The molecule has 148 valence electrons. The summed E-state index contributed by atoms with van der Waals surface area (Å²) < 4.78 is 5.54. The van der Waals surface area contributed by atoms with Crippen LogP contribution in [-0.2, 0) is 9.53 Å². The van der Waals surface area contributed by atoms with Crippen LogP contribution in [-0.4, -0.2) is 23.4 Å². The molecule has 0 saturated carbocycles. The van der Waals surface area contributed by atoms with Gasteiger partial charge in [0.15, 0.2) is 10.8 Å². The molecule has 0 aliphatic heterocycles. The Balaban J connectivity index is 1.77. The Labute approximate surface area is 173 Å². The van der Waals surface area contributed by atoms with Gasteiger partial charge in [0.05, 0.1) is 0 Å². The average Bonchev–Trinajstić information content (AvgIpc) is 3.21. The van der Waals surface area contributed by atoms with Gasteiger partial charge in [-0.25, -0.2) is 9.78 Å². The zero-order valence-corrected chi connectivity index (χ0v) is 16.7. The number of carbonyl (C=O) groups is 2. The summed E-state index contributed by atoms with van der Waals surface area (Å²) in [4.78, 5) is 29.7. The van der Waals surface area contributed by atoms with Gasteiger partial charge in [-0.2, -0.15) is 0 Å². The molecule has 6 nitrogen and oxygen atoms in total. The number of ether oxygens (including phenoxy) is 1. The maximum atomic E-state index is 12.9. The number of carbonyl (C=O) groups excluding carboxylic acids is 2. The van der Waals surface area contributed by atoms with E-state index in [9.17, 15) is 9.59 Å². The Morgan fingerprint density at radius 1 is 1.17 bits per heavy atom. The molecule has 3 aromatic rings. The van der Waals surface area contributed by atoms with E-state index in [1.807, 2.05) is 25.1 Å². The number of rotatable bonds is 8. The van der Waals surface area contributed by atoms with Crippen LogP contribution >= 0.6 is 11.3 Å². The van der Waals surface area contributed by atoms with E-state index in [0.717, 1.165) is 5.56 Å². The van der Waals surface area contributed by atoms with E-state index in [1.54, 1.807) is 47.9 Å². The molecule has 0 spiro atoms. The molecule has 7 heteroatoms. The van der Waals surface area contributed by atoms with Gasteiger partial charge in [-0.05, 0) is 19.1 Å². The van der Waals surface area contributed by atoms with Gasteiger partial charge in [-0.15, -0.1) is 17.9 Å². The van der Waals surface area contributed by atoms with Crippen LogP contribution in [0.1, 0.15) is 27.7 Å². The van der Waals surface area contributed by atoms with Crippen LogP contribution in [0.2, 0.25) is 0 Å². The molecular formula is C22H21N3O3S. The van der Waals surface area contributed by atoms with Crippen LogP contribution in [0, 0.1) is 6.92 Å². The highest BCUT2D eigenvalue weighted by Crippen LogP contribution is 2.23. The summed E-state index contributed by atoms with van der Waals surface area (Å²) in [5.41, 5.74) is 2.43. The summed E-state index contributed by atoms with van der Waals surface area (Å²) in [5, 5.41) is 7.99. The van der Waals surface area contributed by atoms with Crippen molar-refractivity contribution in [3.8, 4) is 0 Å². The van der Waals surface area contributed by atoms with Crippen molar-refractivity contribution in [1.82, 2.24) is 4.98 Å². The normalized spacial score (nSPS) is 11.3. The van der Waals surface area contributed by atoms with Crippen LogP contribution in [0.4, 0.5) is 10.8 Å². The van der Waals surface area contributed by atoms with Crippen LogP contribution in [0.15, 0.2) is 72.6 Å². The number of aryl methyl sites for hydroxylation is 1. The van der Waals surface area contributed by atoms with Crippen molar-refractivity contribution < 1.29 is 14.3 Å². The first-order chi connectivity index (χ1) is 14.1. The molecule has 29 heavy (non-hydrogen) atoms. The number of nitrogens with one attached hydrogen (secondary N) is 2. The monoisotopic (exact) mass is 407 g/mol. The molecule has 1 amide bonds. The lowest BCUT2D eigenvalue weighted by Gasteiger charge is -2.17. The first-order valence-electron chi connectivity index (χ1n) is 9.00. The van der Waals surface area contributed by atoms with Gasteiger partial charge in [0.25, 0.3) is 5.91 Å². The number of anilines is 2. The van der Waals surface area contributed by atoms with E-state index in [0.29, 0.717) is 22.9 Å². The summed E-state index contributed by atoms with van der Waals surface area (Å²) in [6.45, 7) is 6.13. The van der Waals surface area contributed by atoms with Gasteiger partial charge < -0.3 is 15.4 Å². The van der Waals surface area contributed by atoms with Crippen molar-refractivity contribution in [3.05, 3.63) is 89.5 Å². The Morgan fingerprint density at radius 3 is 2.59 bits per heavy atom. The van der Waals surface area contributed by atoms with Crippen molar-refractivity contribution in [3.63, 3.8) is 0 Å². The van der Waals surface area contributed by atoms with Crippen LogP contribution in [0.5, 0.6) is 0 Å². The lowest BCUT2D eigenvalue weighted by Crippen LogP contribution is -2.26. The number of nitrogens with zero attached hydrogens (tertiary/aromatic N) is 1. The van der Waals surface area contributed by atoms with Crippen LogP contribution < -0.4 is 10.6 Å². The van der Waals surface area contributed by atoms with Crippen molar-refractivity contribution in [1.29, 1.82) is 0 Å². The fraction of sp³-hybridized carbons (Fsp3) is 0.136. The molecule has 0 aliphatic carbocycles.